The first kappa shape index (κ1) is 52.9. The zero-order chi connectivity index (χ0) is 39.9. The number of esters is 2. The minimum absolute atomic E-state index is 0.0366. The smallest absolute Gasteiger partial charge is 0.306 e. The lowest BCUT2D eigenvalue weighted by atomic mass is 9.91. The summed E-state index contributed by atoms with van der Waals surface area (Å²) in [5, 5.41) is 0. The third-order valence-electron chi connectivity index (χ3n) is 12.1. The van der Waals surface area contributed by atoms with Crippen molar-refractivity contribution in [3.8, 4) is 0 Å². The van der Waals surface area contributed by atoms with Crippen LogP contribution in [0.4, 0.5) is 0 Å². The molecular formula is C49H97NO4. The van der Waals surface area contributed by atoms with Crippen molar-refractivity contribution in [1.82, 2.24) is 4.90 Å². The molecule has 0 fully saturated rings. The van der Waals surface area contributed by atoms with E-state index in [1.165, 1.54) is 193 Å². The number of carbonyl (C=O) groups excluding carboxylic acids is 2. The van der Waals surface area contributed by atoms with E-state index in [0.29, 0.717) is 43.9 Å². The summed E-state index contributed by atoms with van der Waals surface area (Å²) in [6.07, 6.45) is 39.9. The van der Waals surface area contributed by atoms with Crippen LogP contribution in [0.2, 0.25) is 0 Å². The Balaban J connectivity index is 4.19. The summed E-state index contributed by atoms with van der Waals surface area (Å²) in [7, 11) is 2.27. The molecule has 1 unspecified atom stereocenters. The molecule has 0 aromatic rings. The summed E-state index contributed by atoms with van der Waals surface area (Å²) < 4.78 is 11.3. The Morgan fingerprint density at radius 1 is 0.407 bits per heavy atom. The molecule has 322 valence electrons. The van der Waals surface area contributed by atoms with Gasteiger partial charge in [0.25, 0.3) is 0 Å². The quantitative estimate of drug-likeness (QED) is 0.0458. The van der Waals surface area contributed by atoms with Gasteiger partial charge in [-0.25, -0.2) is 0 Å². The van der Waals surface area contributed by atoms with Gasteiger partial charge in [0.2, 0.25) is 0 Å². The highest BCUT2D eigenvalue weighted by Crippen LogP contribution is 2.25. The van der Waals surface area contributed by atoms with Gasteiger partial charge in [0.05, 0.1) is 13.2 Å². The highest BCUT2D eigenvalue weighted by molar-refractivity contribution is 5.70. The van der Waals surface area contributed by atoms with E-state index >= 15 is 0 Å². The molecule has 0 spiro atoms. The molecule has 0 N–H and O–H groups in total. The van der Waals surface area contributed by atoms with Gasteiger partial charge in [0.1, 0.15) is 0 Å². The first-order valence-electron chi connectivity index (χ1n) is 24.3. The molecule has 0 heterocycles. The summed E-state index contributed by atoms with van der Waals surface area (Å²) in [5.74, 6) is 1.94. The van der Waals surface area contributed by atoms with Crippen molar-refractivity contribution in [2.75, 3.05) is 26.8 Å². The second-order valence-corrected chi connectivity index (χ2v) is 17.6. The molecule has 54 heavy (non-hydrogen) atoms. The van der Waals surface area contributed by atoms with Crippen molar-refractivity contribution in [3.05, 3.63) is 0 Å². The molecule has 5 nitrogen and oxygen atoms in total. The van der Waals surface area contributed by atoms with Gasteiger partial charge in [-0.3, -0.25) is 9.59 Å². The van der Waals surface area contributed by atoms with E-state index in [4.69, 9.17) is 9.47 Å². The average Bonchev–Trinajstić information content (AvgIpc) is 3.15. The molecule has 0 aliphatic rings. The lowest BCUT2D eigenvalue weighted by Crippen LogP contribution is -2.28. The van der Waals surface area contributed by atoms with Crippen molar-refractivity contribution < 1.29 is 19.1 Å². The molecule has 0 radical (unpaired) electrons. The minimum Gasteiger partial charge on any atom is -0.466 e. The van der Waals surface area contributed by atoms with E-state index < -0.39 is 0 Å². The first-order valence-corrected chi connectivity index (χ1v) is 24.3. The molecule has 0 aromatic carbocycles. The van der Waals surface area contributed by atoms with Crippen molar-refractivity contribution in [1.29, 1.82) is 0 Å². The molecule has 0 saturated heterocycles. The van der Waals surface area contributed by atoms with Gasteiger partial charge >= 0.3 is 11.9 Å². The monoisotopic (exact) mass is 764 g/mol. The molecule has 0 aromatic heterocycles. The molecule has 0 saturated carbocycles. The lowest BCUT2D eigenvalue weighted by Gasteiger charge is -2.24. The molecule has 0 bridgehead atoms. The van der Waals surface area contributed by atoms with Gasteiger partial charge < -0.3 is 14.4 Å². The number of hydrogen-bond acceptors (Lipinski definition) is 5. The van der Waals surface area contributed by atoms with Crippen molar-refractivity contribution in [2.24, 2.45) is 17.8 Å². The van der Waals surface area contributed by atoms with Crippen LogP contribution in [0.3, 0.4) is 0 Å². The van der Waals surface area contributed by atoms with E-state index in [1.807, 2.05) is 0 Å². The standard InChI is InChI=1S/C49H97NO4/c1-8-12-24-34-46(35-25-13-9-2)42-48(51)53-40-30-22-18-16-17-20-28-32-45(38-39-50(7)44(5)6)33-29-21-19-23-31-41-54-49(52)43-47(36-26-14-10-3)37-27-15-11-4/h44-47H,8-43H2,1-7H3. The Morgan fingerprint density at radius 2 is 0.704 bits per heavy atom. The van der Waals surface area contributed by atoms with Gasteiger partial charge in [-0.1, -0.05) is 182 Å². The number of unbranched alkanes of at least 4 members (excludes halogenated alkanes) is 18. The summed E-state index contributed by atoms with van der Waals surface area (Å²) in [5.41, 5.74) is 0. The van der Waals surface area contributed by atoms with Gasteiger partial charge in [-0.2, -0.15) is 0 Å². The van der Waals surface area contributed by atoms with Crippen LogP contribution in [0.25, 0.3) is 0 Å². The molecule has 5 heteroatoms. The van der Waals surface area contributed by atoms with Crippen LogP contribution in [-0.2, 0) is 19.1 Å². The largest absolute Gasteiger partial charge is 0.466 e. The van der Waals surface area contributed by atoms with Gasteiger partial charge in [0, 0.05) is 18.9 Å². The van der Waals surface area contributed by atoms with Crippen molar-refractivity contribution >= 4 is 11.9 Å². The summed E-state index contributed by atoms with van der Waals surface area (Å²) in [4.78, 5) is 27.5. The maximum Gasteiger partial charge on any atom is 0.306 e. The Hall–Kier alpha value is -1.10. The Morgan fingerprint density at radius 3 is 1.04 bits per heavy atom. The zero-order valence-electron chi connectivity index (χ0n) is 37.8. The second-order valence-electron chi connectivity index (χ2n) is 17.6. The summed E-state index contributed by atoms with van der Waals surface area (Å²) in [6, 6.07) is 0.610. The predicted molar refractivity (Wildman–Crippen MR) is 235 cm³/mol. The topological polar surface area (TPSA) is 55.8 Å². The third-order valence-corrected chi connectivity index (χ3v) is 12.1. The van der Waals surface area contributed by atoms with Crippen LogP contribution < -0.4 is 0 Å². The Bertz CT molecular complexity index is 781. The molecule has 0 rings (SSSR count). The number of carbonyl (C=O) groups is 2. The average molecular weight is 764 g/mol. The van der Waals surface area contributed by atoms with Gasteiger partial charge in [0.15, 0.2) is 0 Å². The van der Waals surface area contributed by atoms with E-state index in [-0.39, 0.29) is 11.9 Å². The van der Waals surface area contributed by atoms with Crippen LogP contribution in [0.1, 0.15) is 253 Å². The molecule has 0 amide bonds. The fourth-order valence-electron chi connectivity index (χ4n) is 7.95. The predicted octanol–water partition coefficient (Wildman–Crippen LogP) is 15.2. The fraction of sp³-hybridized carbons (Fsp3) is 0.959. The number of nitrogens with zero attached hydrogens (tertiary/aromatic N) is 1. The molecular weight excluding hydrogens is 667 g/mol. The van der Waals surface area contributed by atoms with Crippen LogP contribution in [0.15, 0.2) is 0 Å². The van der Waals surface area contributed by atoms with Crippen LogP contribution >= 0.6 is 0 Å². The lowest BCUT2D eigenvalue weighted by molar-refractivity contribution is -0.146. The highest BCUT2D eigenvalue weighted by atomic mass is 16.5. The highest BCUT2D eigenvalue weighted by Gasteiger charge is 2.16. The molecule has 0 aliphatic carbocycles. The maximum absolute atomic E-state index is 12.5. The SMILES string of the molecule is CCCCCC(CCCCC)CC(=O)OCCCCCCCCCC(CCCCCCCOC(=O)CC(CCCCC)CCCCC)CCN(C)C(C)C. The minimum atomic E-state index is 0.0366. The van der Waals surface area contributed by atoms with Crippen LogP contribution in [0, 0.1) is 17.8 Å². The van der Waals surface area contributed by atoms with E-state index in [1.54, 1.807) is 0 Å². The zero-order valence-corrected chi connectivity index (χ0v) is 37.8. The number of rotatable bonds is 42. The summed E-state index contributed by atoms with van der Waals surface area (Å²) in [6.45, 7) is 16.0. The van der Waals surface area contributed by atoms with Gasteiger partial charge in [-0.15, -0.1) is 0 Å². The van der Waals surface area contributed by atoms with Crippen LogP contribution in [0.5, 0.6) is 0 Å². The third kappa shape index (κ3) is 35.3. The van der Waals surface area contributed by atoms with Crippen LogP contribution in [-0.4, -0.2) is 49.7 Å². The number of hydrogen-bond donors (Lipinski definition) is 0. The Labute approximate surface area is 339 Å². The Kier molecular flexibility index (Phi) is 39.3. The second kappa shape index (κ2) is 40.1. The van der Waals surface area contributed by atoms with E-state index in [0.717, 1.165) is 18.8 Å². The molecule has 1 atom stereocenters. The number of ether oxygens (including phenoxy) is 2. The van der Waals surface area contributed by atoms with E-state index in [9.17, 15) is 9.59 Å². The van der Waals surface area contributed by atoms with Gasteiger partial charge in [-0.05, 0) is 90.1 Å². The first-order chi connectivity index (χ1) is 26.3. The van der Waals surface area contributed by atoms with Crippen molar-refractivity contribution in [2.45, 2.75) is 259 Å². The van der Waals surface area contributed by atoms with Crippen molar-refractivity contribution in [3.63, 3.8) is 0 Å². The van der Waals surface area contributed by atoms with E-state index in [2.05, 4.69) is 53.5 Å². The maximum atomic E-state index is 12.5. The fourth-order valence-corrected chi connectivity index (χ4v) is 7.95. The summed E-state index contributed by atoms with van der Waals surface area (Å²) >= 11 is 0. The molecule has 0 aliphatic heterocycles. The normalized spacial score (nSPS) is 12.4.